The number of carbonyl (C=O) groups is 1. The third kappa shape index (κ3) is 3.76. The van der Waals surface area contributed by atoms with Gasteiger partial charge in [-0.1, -0.05) is 17.7 Å². The number of benzene rings is 2. The molecule has 7 heteroatoms. The van der Waals surface area contributed by atoms with Gasteiger partial charge in [0.15, 0.2) is 5.58 Å². The quantitative estimate of drug-likeness (QED) is 0.695. The van der Waals surface area contributed by atoms with Gasteiger partial charge in [0.1, 0.15) is 5.82 Å². The molecule has 2 aromatic carbocycles. The van der Waals surface area contributed by atoms with Gasteiger partial charge in [0, 0.05) is 30.9 Å². The van der Waals surface area contributed by atoms with Gasteiger partial charge in [-0.15, -0.1) is 0 Å². The van der Waals surface area contributed by atoms with Gasteiger partial charge in [0.25, 0.3) is 0 Å². The molecule has 1 aromatic heterocycles. The van der Waals surface area contributed by atoms with Crippen molar-refractivity contribution in [3.63, 3.8) is 0 Å². The lowest BCUT2D eigenvalue weighted by molar-refractivity contribution is -0.112. The van der Waals surface area contributed by atoms with Gasteiger partial charge in [-0.2, -0.15) is 0 Å². The van der Waals surface area contributed by atoms with Crippen LogP contribution in [0.15, 0.2) is 63.3 Å². The van der Waals surface area contributed by atoms with Gasteiger partial charge in [-0.05, 0) is 37.1 Å². The summed E-state index contributed by atoms with van der Waals surface area (Å²) in [5.41, 5.74) is 3.15. The molecule has 0 atom stereocenters. The van der Waals surface area contributed by atoms with Gasteiger partial charge in [-0.3, -0.25) is 9.78 Å². The van der Waals surface area contributed by atoms with Crippen LogP contribution in [0.2, 0.25) is 0 Å². The van der Waals surface area contributed by atoms with Crippen molar-refractivity contribution in [1.82, 2.24) is 4.98 Å². The number of fused-ring (bicyclic) bond motifs is 1. The van der Waals surface area contributed by atoms with Crippen molar-refractivity contribution in [3.05, 3.63) is 70.5 Å². The Morgan fingerprint density at radius 3 is 2.74 bits per heavy atom. The van der Waals surface area contributed by atoms with Crippen molar-refractivity contribution >= 4 is 28.4 Å². The van der Waals surface area contributed by atoms with Gasteiger partial charge in [0.05, 0.1) is 11.2 Å². The molecule has 6 nitrogen and oxygen atoms in total. The van der Waals surface area contributed by atoms with Gasteiger partial charge < -0.3 is 14.6 Å². The first-order valence-electron chi connectivity index (χ1n) is 8.71. The predicted molar refractivity (Wildman–Crippen MR) is 101 cm³/mol. The lowest BCUT2D eigenvalue weighted by Gasteiger charge is -2.30. The molecule has 0 saturated carbocycles. The molecule has 0 spiro atoms. The molecular formula is C20H18FN3O3. The van der Waals surface area contributed by atoms with E-state index in [2.05, 4.69) is 10.3 Å². The summed E-state index contributed by atoms with van der Waals surface area (Å²) in [6.07, 6.45) is 3.00. The Bertz CT molecular complexity index is 1070. The average molecular weight is 367 g/mol. The lowest BCUT2D eigenvalue weighted by atomic mass is 10.0. The molecule has 138 valence electrons. The van der Waals surface area contributed by atoms with Crippen LogP contribution in [0.3, 0.4) is 0 Å². The zero-order valence-electron chi connectivity index (χ0n) is 14.5. The summed E-state index contributed by atoms with van der Waals surface area (Å²) in [5, 5.41) is 2.78. The minimum Gasteiger partial charge on any atom is -0.408 e. The predicted octanol–water partition coefficient (Wildman–Crippen LogP) is 3.43. The van der Waals surface area contributed by atoms with E-state index in [0.717, 1.165) is 5.57 Å². The van der Waals surface area contributed by atoms with Crippen LogP contribution in [0.1, 0.15) is 12.8 Å². The maximum absolute atomic E-state index is 13.9. The molecular weight excluding hydrogens is 349 g/mol. The highest BCUT2D eigenvalue weighted by Crippen LogP contribution is 2.25. The smallest absolute Gasteiger partial charge is 0.408 e. The number of halogens is 1. The number of rotatable bonds is 3. The SMILES string of the molecule is O=C(C=C1CCN(c2ccccc2F)CC1)Nc1ccc2[nH]c(=O)oc2c1. The van der Waals surface area contributed by atoms with Gasteiger partial charge in [-0.25, -0.2) is 9.18 Å². The fourth-order valence-electron chi connectivity index (χ4n) is 3.27. The van der Waals surface area contributed by atoms with Crippen LogP contribution in [0, 0.1) is 5.82 Å². The second-order valence-electron chi connectivity index (χ2n) is 6.46. The van der Waals surface area contributed by atoms with E-state index in [1.165, 1.54) is 6.07 Å². The van der Waals surface area contributed by atoms with Crippen LogP contribution in [0.4, 0.5) is 15.8 Å². The molecule has 27 heavy (non-hydrogen) atoms. The largest absolute Gasteiger partial charge is 0.417 e. The fourth-order valence-corrected chi connectivity index (χ4v) is 3.27. The molecule has 1 amide bonds. The topological polar surface area (TPSA) is 78.3 Å². The molecule has 3 aromatic rings. The highest BCUT2D eigenvalue weighted by molar-refractivity contribution is 6.00. The normalized spacial score (nSPS) is 14.4. The first-order valence-corrected chi connectivity index (χ1v) is 8.71. The highest BCUT2D eigenvalue weighted by atomic mass is 19.1. The number of aromatic nitrogens is 1. The molecule has 0 unspecified atom stereocenters. The number of nitrogens with zero attached hydrogens (tertiary/aromatic N) is 1. The summed E-state index contributed by atoms with van der Waals surface area (Å²) in [5.74, 6) is -0.992. The van der Waals surface area contributed by atoms with E-state index in [4.69, 9.17) is 4.42 Å². The van der Waals surface area contributed by atoms with Crippen molar-refractivity contribution in [2.75, 3.05) is 23.3 Å². The maximum Gasteiger partial charge on any atom is 0.417 e. The van der Waals surface area contributed by atoms with Crippen LogP contribution in [-0.4, -0.2) is 24.0 Å². The summed E-state index contributed by atoms with van der Waals surface area (Å²) >= 11 is 0. The number of carbonyl (C=O) groups excluding carboxylic acids is 1. The zero-order valence-corrected chi connectivity index (χ0v) is 14.5. The Morgan fingerprint density at radius 1 is 1.19 bits per heavy atom. The zero-order chi connectivity index (χ0) is 18.8. The van der Waals surface area contributed by atoms with E-state index in [0.29, 0.717) is 48.4 Å². The molecule has 4 rings (SSSR count). The average Bonchev–Trinajstić information content (AvgIpc) is 3.02. The Hall–Kier alpha value is -3.35. The van der Waals surface area contributed by atoms with E-state index in [1.54, 1.807) is 36.4 Å². The van der Waals surface area contributed by atoms with Crippen molar-refractivity contribution < 1.29 is 13.6 Å². The fraction of sp³-hybridized carbons (Fsp3) is 0.200. The van der Waals surface area contributed by atoms with Crippen LogP contribution < -0.4 is 16.0 Å². The van der Waals surface area contributed by atoms with Crippen LogP contribution >= 0.6 is 0 Å². The number of para-hydroxylation sites is 1. The molecule has 0 radical (unpaired) electrons. The van der Waals surface area contributed by atoms with Crippen molar-refractivity contribution in [1.29, 1.82) is 0 Å². The van der Waals surface area contributed by atoms with E-state index in [9.17, 15) is 14.0 Å². The van der Waals surface area contributed by atoms with E-state index in [-0.39, 0.29) is 11.7 Å². The first kappa shape index (κ1) is 17.1. The summed E-state index contributed by atoms with van der Waals surface area (Å²) in [7, 11) is 0. The summed E-state index contributed by atoms with van der Waals surface area (Å²) in [6.45, 7) is 1.33. The Morgan fingerprint density at radius 2 is 1.96 bits per heavy atom. The number of piperidine rings is 1. The highest BCUT2D eigenvalue weighted by Gasteiger charge is 2.17. The van der Waals surface area contributed by atoms with E-state index in [1.807, 2.05) is 11.0 Å². The molecule has 2 heterocycles. The minimum absolute atomic E-state index is 0.227. The summed E-state index contributed by atoms with van der Waals surface area (Å²) < 4.78 is 18.9. The molecule has 1 saturated heterocycles. The standard InChI is InChI=1S/C20H18FN3O3/c21-15-3-1-2-4-17(15)24-9-7-13(8-10-24)11-19(25)22-14-5-6-16-18(12-14)27-20(26)23-16/h1-6,11-12H,7-10H2,(H,22,25)(H,23,26). The van der Waals surface area contributed by atoms with Gasteiger partial charge in [0.2, 0.25) is 5.91 Å². The minimum atomic E-state index is -0.530. The third-order valence-electron chi connectivity index (χ3n) is 4.62. The summed E-state index contributed by atoms with van der Waals surface area (Å²) in [4.78, 5) is 28.0. The number of hydrogen-bond donors (Lipinski definition) is 2. The van der Waals surface area contributed by atoms with Crippen LogP contribution in [0.5, 0.6) is 0 Å². The number of oxazole rings is 1. The van der Waals surface area contributed by atoms with Gasteiger partial charge >= 0.3 is 5.76 Å². The van der Waals surface area contributed by atoms with Crippen LogP contribution in [-0.2, 0) is 4.79 Å². The molecule has 1 aliphatic rings. The third-order valence-corrected chi connectivity index (χ3v) is 4.62. The monoisotopic (exact) mass is 367 g/mol. The van der Waals surface area contributed by atoms with E-state index < -0.39 is 5.76 Å². The Balaban J connectivity index is 1.39. The number of nitrogens with one attached hydrogen (secondary N) is 2. The van der Waals surface area contributed by atoms with Crippen molar-refractivity contribution in [2.45, 2.75) is 12.8 Å². The second kappa shape index (κ2) is 7.11. The number of aromatic amines is 1. The number of H-pyrrole nitrogens is 1. The first-order chi connectivity index (χ1) is 13.1. The molecule has 0 aliphatic carbocycles. The Kier molecular flexibility index (Phi) is 4.50. The van der Waals surface area contributed by atoms with Crippen molar-refractivity contribution in [2.24, 2.45) is 0 Å². The number of hydrogen-bond acceptors (Lipinski definition) is 4. The molecule has 1 fully saturated rings. The molecule has 1 aliphatic heterocycles. The van der Waals surface area contributed by atoms with Crippen LogP contribution in [0.25, 0.3) is 11.1 Å². The van der Waals surface area contributed by atoms with Crippen molar-refractivity contribution in [3.8, 4) is 0 Å². The summed E-state index contributed by atoms with van der Waals surface area (Å²) in [6, 6.07) is 11.7. The molecule has 0 bridgehead atoms. The second-order valence-corrected chi connectivity index (χ2v) is 6.46. The Labute approximate surface area is 154 Å². The molecule has 2 N–H and O–H groups in total. The lowest BCUT2D eigenvalue weighted by Crippen LogP contribution is -2.31. The number of anilines is 2. The maximum atomic E-state index is 13.9. The number of amides is 1. The van der Waals surface area contributed by atoms with E-state index >= 15 is 0 Å².